The average Bonchev–Trinajstić information content (AvgIpc) is 2.78. The van der Waals surface area contributed by atoms with Gasteiger partial charge in [-0.15, -0.1) is 0 Å². The first-order chi connectivity index (χ1) is 15.3. The quantitative estimate of drug-likeness (QED) is 0.335. The molecule has 33 heavy (non-hydrogen) atoms. The molecule has 4 nitrogen and oxygen atoms in total. The van der Waals surface area contributed by atoms with E-state index in [-0.39, 0.29) is 5.46 Å². The van der Waals surface area contributed by atoms with Crippen molar-refractivity contribution in [2.75, 3.05) is 7.11 Å². The Bertz CT molecular complexity index is 1040. The molecule has 0 amide bonds. The summed E-state index contributed by atoms with van der Waals surface area (Å²) >= 11 is 0. The van der Waals surface area contributed by atoms with Gasteiger partial charge in [-0.2, -0.15) is 26.3 Å². The number of hydrogen-bond donors (Lipinski definition) is 2. The van der Waals surface area contributed by atoms with Crippen molar-refractivity contribution in [2.24, 2.45) is 0 Å². The van der Waals surface area contributed by atoms with Crippen LogP contribution in [0.3, 0.4) is 0 Å². The minimum Gasteiger partial charge on any atom is -0.465 e. The van der Waals surface area contributed by atoms with Gasteiger partial charge in [0.05, 0.1) is 23.8 Å². The van der Waals surface area contributed by atoms with Crippen molar-refractivity contribution in [3.05, 3.63) is 89.5 Å². The molecule has 11 heteroatoms. The van der Waals surface area contributed by atoms with Gasteiger partial charge in [0.15, 0.2) is 0 Å². The molecule has 2 N–H and O–H groups in total. The van der Waals surface area contributed by atoms with Gasteiger partial charge < -0.3 is 14.8 Å². The number of esters is 1. The Morgan fingerprint density at radius 3 is 1.39 bits per heavy atom. The molecule has 3 aromatic rings. The van der Waals surface area contributed by atoms with Crippen molar-refractivity contribution >= 4 is 18.6 Å². The summed E-state index contributed by atoms with van der Waals surface area (Å²) in [6, 6.07) is 15.0. The van der Waals surface area contributed by atoms with Gasteiger partial charge in [-0.3, -0.25) is 0 Å². The minimum absolute atomic E-state index is 0.0352. The van der Waals surface area contributed by atoms with E-state index in [4.69, 9.17) is 10.0 Å². The first-order valence-corrected chi connectivity index (χ1v) is 9.22. The zero-order chi connectivity index (χ0) is 24.8. The summed E-state index contributed by atoms with van der Waals surface area (Å²) < 4.78 is 77.9. The number of ether oxygens (including phenoxy) is 1. The number of halogens is 6. The minimum atomic E-state index is -4.39. The predicted octanol–water partition coefficient (Wildman–Crippen LogP) is 4.54. The molecule has 0 atom stereocenters. The molecule has 174 valence electrons. The van der Waals surface area contributed by atoms with Gasteiger partial charge in [0, 0.05) is 0 Å². The molecule has 0 aliphatic rings. The van der Waals surface area contributed by atoms with E-state index in [1.165, 1.54) is 19.2 Å². The molecule has 0 saturated heterocycles. The average molecular weight is 470 g/mol. The third-order valence-corrected chi connectivity index (χ3v) is 4.39. The topological polar surface area (TPSA) is 66.8 Å². The van der Waals surface area contributed by atoms with E-state index < -0.39 is 36.6 Å². The maximum Gasteiger partial charge on any atom is 0.488 e. The molecule has 3 aromatic carbocycles. The normalized spacial score (nSPS) is 11.3. The molecule has 0 fully saturated rings. The van der Waals surface area contributed by atoms with Crippen molar-refractivity contribution in [1.29, 1.82) is 0 Å². The second-order valence-corrected chi connectivity index (χ2v) is 6.64. The molecule has 0 bridgehead atoms. The van der Waals surface area contributed by atoms with Gasteiger partial charge in [0.1, 0.15) is 0 Å². The number of hydrogen-bond acceptors (Lipinski definition) is 4. The summed E-state index contributed by atoms with van der Waals surface area (Å²) in [6.07, 6.45) is -8.73. The fourth-order valence-corrected chi connectivity index (χ4v) is 2.61. The first-order valence-electron chi connectivity index (χ1n) is 9.22. The second-order valence-electron chi connectivity index (χ2n) is 6.64. The number of alkyl halides is 6. The highest BCUT2D eigenvalue weighted by Crippen LogP contribution is 2.31. The molecular formula is C22H17BF6O4. The molecule has 0 unspecified atom stereocenters. The fourth-order valence-electron chi connectivity index (χ4n) is 2.61. The van der Waals surface area contributed by atoms with Crippen LogP contribution < -0.4 is 5.46 Å². The second kappa shape index (κ2) is 10.5. The molecule has 0 heterocycles. The highest BCUT2D eigenvalue weighted by Gasteiger charge is 2.31. The summed E-state index contributed by atoms with van der Waals surface area (Å²) in [7, 11) is -0.450. The smallest absolute Gasteiger partial charge is 0.465 e. The first kappa shape index (κ1) is 26.0. The molecule has 0 spiro atoms. The van der Waals surface area contributed by atoms with Crippen LogP contribution in [0, 0.1) is 0 Å². The Morgan fingerprint density at radius 1 is 0.697 bits per heavy atom. The molecule has 0 aliphatic heterocycles. The fraction of sp³-hybridized carbons (Fsp3) is 0.136. The standard InChI is InChI=1S/C15H11F3O2.C7H6BF3O2/c1-20-14(19)12-4-2-10(3-5-12)11-6-8-13(9-7-11)15(16,17)18;9-7(10,11)5-1-3-6(4-2-5)8(12)13/h2-9H,1H3;1-4,12-13H. The lowest BCUT2D eigenvalue weighted by molar-refractivity contribution is -0.138. The molecular weight excluding hydrogens is 453 g/mol. The van der Waals surface area contributed by atoms with Crippen LogP contribution in [0.2, 0.25) is 0 Å². The van der Waals surface area contributed by atoms with Crippen LogP contribution in [0.25, 0.3) is 11.1 Å². The zero-order valence-corrected chi connectivity index (χ0v) is 17.0. The number of rotatable bonds is 3. The molecule has 0 aromatic heterocycles. The van der Waals surface area contributed by atoms with Crippen LogP contribution in [0.4, 0.5) is 26.3 Å². The van der Waals surface area contributed by atoms with Gasteiger partial charge >= 0.3 is 25.4 Å². The lowest BCUT2D eigenvalue weighted by Gasteiger charge is -2.08. The van der Waals surface area contributed by atoms with Gasteiger partial charge in [-0.25, -0.2) is 4.79 Å². The van der Waals surface area contributed by atoms with Crippen molar-refractivity contribution < 1.29 is 45.9 Å². The lowest BCUT2D eigenvalue weighted by Crippen LogP contribution is -2.29. The van der Waals surface area contributed by atoms with E-state index in [2.05, 4.69) is 4.74 Å². The van der Waals surface area contributed by atoms with Crippen molar-refractivity contribution in [3.8, 4) is 11.1 Å². The van der Waals surface area contributed by atoms with E-state index in [0.29, 0.717) is 11.1 Å². The highest BCUT2D eigenvalue weighted by atomic mass is 19.4. The molecule has 3 rings (SSSR count). The summed E-state index contributed by atoms with van der Waals surface area (Å²) in [4.78, 5) is 11.3. The van der Waals surface area contributed by atoms with Crippen molar-refractivity contribution in [2.45, 2.75) is 12.4 Å². The van der Waals surface area contributed by atoms with Crippen molar-refractivity contribution in [3.63, 3.8) is 0 Å². The summed E-state index contributed by atoms with van der Waals surface area (Å²) in [5.74, 6) is -0.455. The van der Waals surface area contributed by atoms with Gasteiger partial charge in [0.2, 0.25) is 0 Å². The molecule has 0 saturated carbocycles. The number of carbonyl (C=O) groups excluding carboxylic acids is 1. The Labute approximate surface area is 185 Å². The molecule has 0 aliphatic carbocycles. The van der Waals surface area contributed by atoms with Crippen LogP contribution in [0.1, 0.15) is 21.5 Å². The van der Waals surface area contributed by atoms with Gasteiger partial charge in [0.25, 0.3) is 0 Å². The number of benzene rings is 3. The Morgan fingerprint density at radius 2 is 1.06 bits per heavy atom. The monoisotopic (exact) mass is 470 g/mol. The van der Waals surface area contributed by atoms with Crippen LogP contribution in [0.5, 0.6) is 0 Å². The maximum absolute atomic E-state index is 12.5. The van der Waals surface area contributed by atoms with Crippen molar-refractivity contribution in [1.82, 2.24) is 0 Å². The van der Waals surface area contributed by atoms with Gasteiger partial charge in [-0.1, -0.05) is 48.5 Å². The van der Waals surface area contributed by atoms with E-state index in [1.807, 2.05) is 0 Å². The van der Waals surface area contributed by atoms with Crippen LogP contribution in [-0.4, -0.2) is 30.2 Å². The lowest BCUT2D eigenvalue weighted by atomic mass is 9.80. The third kappa shape index (κ3) is 7.36. The Balaban J connectivity index is 0.000000257. The van der Waals surface area contributed by atoms with Crippen LogP contribution in [0.15, 0.2) is 72.8 Å². The zero-order valence-electron chi connectivity index (χ0n) is 17.0. The largest absolute Gasteiger partial charge is 0.488 e. The van der Waals surface area contributed by atoms with E-state index >= 15 is 0 Å². The summed E-state index contributed by atoms with van der Waals surface area (Å²) in [6.45, 7) is 0. The summed E-state index contributed by atoms with van der Waals surface area (Å²) in [5, 5.41) is 17.2. The number of carbonyl (C=O) groups is 1. The van der Waals surface area contributed by atoms with Crippen LogP contribution in [-0.2, 0) is 17.1 Å². The van der Waals surface area contributed by atoms with E-state index in [0.717, 1.165) is 42.0 Å². The highest BCUT2D eigenvalue weighted by molar-refractivity contribution is 6.58. The van der Waals surface area contributed by atoms with Crippen LogP contribution >= 0.6 is 0 Å². The molecule has 0 radical (unpaired) electrons. The Hall–Kier alpha value is -3.31. The third-order valence-electron chi connectivity index (χ3n) is 4.39. The maximum atomic E-state index is 12.5. The SMILES string of the molecule is COC(=O)c1ccc(-c2ccc(C(F)(F)F)cc2)cc1.OB(O)c1ccc(C(F)(F)F)cc1. The Kier molecular flexibility index (Phi) is 8.29. The van der Waals surface area contributed by atoms with E-state index in [1.54, 1.807) is 24.3 Å². The predicted molar refractivity (Wildman–Crippen MR) is 109 cm³/mol. The summed E-state index contributed by atoms with van der Waals surface area (Å²) in [5.41, 5.74) is 0.307. The van der Waals surface area contributed by atoms with Gasteiger partial charge in [-0.05, 0) is 40.9 Å². The number of methoxy groups -OCH3 is 1. The van der Waals surface area contributed by atoms with E-state index in [9.17, 15) is 31.1 Å².